The van der Waals surface area contributed by atoms with Gasteiger partial charge < -0.3 is 28.7 Å². The summed E-state index contributed by atoms with van der Waals surface area (Å²) in [6.07, 6.45) is 2.78. The van der Waals surface area contributed by atoms with Crippen LogP contribution in [0.4, 0.5) is 5.95 Å². The fourth-order valence-electron chi connectivity index (χ4n) is 5.74. The molecule has 5 heterocycles. The van der Waals surface area contributed by atoms with Crippen molar-refractivity contribution in [2.24, 2.45) is 0 Å². The number of nitriles is 1. The van der Waals surface area contributed by atoms with Crippen LogP contribution in [0, 0.1) is 11.3 Å². The Morgan fingerprint density at radius 1 is 1.36 bits per heavy atom. The van der Waals surface area contributed by atoms with E-state index in [1.807, 2.05) is 24.3 Å². The predicted octanol–water partition coefficient (Wildman–Crippen LogP) is 3.97. The average Bonchev–Trinajstić information content (AvgIpc) is 3.78. The van der Waals surface area contributed by atoms with Crippen LogP contribution in [0.5, 0.6) is 5.88 Å². The van der Waals surface area contributed by atoms with Gasteiger partial charge in [0.2, 0.25) is 11.8 Å². The van der Waals surface area contributed by atoms with E-state index in [1.54, 1.807) is 10.9 Å². The molecule has 0 spiro atoms. The van der Waals surface area contributed by atoms with Gasteiger partial charge in [0, 0.05) is 28.6 Å². The Hall–Kier alpha value is -2.81. The Kier molecular flexibility index (Phi) is 8.66. The topological polar surface area (TPSA) is 157 Å². The predicted molar refractivity (Wildman–Crippen MR) is 156 cm³/mol. The van der Waals surface area contributed by atoms with Crippen molar-refractivity contribution >= 4 is 39.9 Å². The maximum atomic E-state index is 11.6. The van der Waals surface area contributed by atoms with Crippen molar-refractivity contribution in [3.63, 3.8) is 0 Å². The first-order chi connectivity index (χ1) is 20.4. The number of benzene rings is 1. The van der Waals surface area contributed by atoms with Crippen molar-refractivity contribution in [1.29, 1.82) is 5.26 Å². The minimum absolute atomic E-state index is 0.0521. The van der Waals surface area contributed by atoms with Crippen molar-refractivity contribution in [2.75, 3.05) is 24.8 Å². The summed E-state index contributed by atoms with van der Waals surface area (Å²) >= 11 is 0. The molecule has 3 aliphatic heterocycles. The zero-order valence-corrected chi connectivity index (χ0v) is 25.2. The lowest BCUT2D eigenvalue weighted by Gasteiger charge is -2.29. The van der Waals surface area contributed by atoms with Gasteiger partial charge in [0.1, 0.15) is 24.5 Å². The number of carbonyl (C=O) groups is 1. The summed E-state index contributed by atoms with van der Waals surface area (Å²) in [7, 11) is -1.60. The summed E-state index contributed by atoms with van der Waals surface area (Å²) in [6.45, 7) is 4.42. The zero-order chi connectivity index (χ0) is 29.3. The first-order valence-electron chi connectivity index (χ1n) is 13.9. The number of carbonyl (C=O) groups excluding carboxylic acids is 1. The van der Waals surface area contributed by atoms with Gasteiger partial charge in [-0.2, -0.15) is 15.2 Å². The van der Waals surface area contributed by atoms with Crippen molar-refractivity contribution in [3.05, 3.63) is 42.2 Å². The molecule has 3 fully saturated rings. The fraction of sp³-hybridized carbons (Fsp3) is 0.519. The number of imidazole rings is 1. The number of anilines is 1. The third kappa shape index (κ3) is 5.61. The molecular formula is C27H33N7O6P2. The molecule has 0 bridgehead atoms. The number of nitrogens with one attached hydrogen (secondary N) is 1. The molecule has 3 aliphatic rings. The van der Waals surface area contributed by atoms with Gasteiger partial charge in [0.25, 0.3) is 8.53 Å². The van der Waals surface area contributed by atoms with Crippen LogP contribution in [0.2, 0.25) is 0 Å². The smallest absolute Gasteiger partial charge is 0.260 e. The molecule has 2 aromatic heterocycles. The Bertz CT molecular complexity index is 1470. The lowest BCUT2D eigenvalue weighted by molar-refractivity contribution is -0.109. The van der Waals surface area contributed by atoms with E-state index in [0.29, 0.717) is 17.6 Å². The minimum atomic E-state index is -1.38. The van der Waals surface area contributed by atoms with E-state index in [4.69, 9.17) is 23.8 Å². The summed E-state index contributed by atoms with van der Waals surface area (Å²) in [5.74, 6) is 0.412. The second-order valence-corrected chi connectivity index (χ2v) is 13.1. The summed E-state index contributed by atoms with van der Waals surface area (Å²) in [6, 6.07) is 12.5. The van der Waals surface area contributed by atoms with Crippen LogP contribution in [0.25, 0.3) is 11.2 Å². The van der Waals surface area contributed by atoms with Gasteiger partial charge in [-0.25, -0.2) is 9.65 Å². The molecular weight excluding hydrogens is 580 g/mol. The van der Waals surface area contributed by atoms with Crippen molar-refractivity contribution in [1.82, 2.24) is 24.2 Å². The number of ether oxygens (including phenoxy) is 2. The standard InChI is InChI=1S/C27H33N7O6P2/c1-17(36)41-32-26-30-24-23(25(31-26)37-13-7-11-28)29-16-33(24)22-14-19(20(15-35)38-22)39-42-34-12-6-10-21(34)27(2,40-42)18-8-4-3-5-9-18/h3-5,8-9,16,19-22,35,41H,6-7,10,12-15H2,1-2H3,(H,30,31,32)/t19-,20-,21+,22-,27-,42+/m1/s1. The molecule has 15 heteroatoms. The molecule has 222 valence electrons. The van der Waals surface area contributed by atoms with E-state index >= 15 is 0 Å². The average molecular weight is 614 g/mol. The van der Waals surface area contributed by atoms with Gasteiger partial charge in [0.05, 0.1) is 37.6 Å². The van der Waals surface area contributed by atoms with E-state index in [0.717, 1.165) is 24.9 Å². The quantitative estimate of drug-likeness (QED) is 0.237. The number of rotatable bonds is 11. The highest BCUT2D eigenvalue weighted by Crippen LogP contribution is 2.64. The van der Waals surface area contributed by atoms with Crippen molar-refractivity contribution in [2.45, 2.75) is 69.6 Å². The number of hydrogen-bond donors (Lipinski definition) is 2. The lowest BCUT2D eigenvalue weighted by atomic mass is 9.87. The fourth-order valence-corrected chi connectivity index (χ4v) is 8.28. The van der Waals surface area contributed by atoms with Crippen LogP contribution in [0.1, 0.15) is 51.3 Å². The van der Waals surface area contributed by atoms with Gasteiger partial charge in [0.15, 0.2) is 16.7 Å². The van der Waals surface area contributed by atoms with Gasteiger partial charge in [-0.15, -0.1) is 0 Å². The number of hydrogen-bond acceptors (Lipinski definition) is 12. The lowest BCUT2D eigenvalue weighted by Crippen LogP contribution is -2.36. The maximum absolute atomic E-state index is 11.6. The summed E-state index contributed by atoms with van der Waals surface area (Å²) in [5.41, 5.74) is 1.43. The molecule has 42 heavy (non-hydrogen) atoms. The molecule has 13 nitrogen and oxygen atoms in total. The summed E-state index contributed by atoms with van der Waals surface area (Å²) < 4.78 is 29.4. The van der Waals surface area contributed by atoms with Gasteiger partial charge in [-0.05, 0) is 25.3 Å². The number of aliphatic hydroxyl groups excluding tert-OH is 1. The third-order valence-corrected chi connectivity index (χ3v) is 10.4. The van der Waals surface area contributed by atoms with Crippen LogP contribution in [-0.4, -0.2) is 72.8 Å². The van der Waals surface area contributed by atoms with Gasteiger partial charge >= 0.3 is 0 Å². The molecule has 0 aliphatic carbocycles. The molecule has 0 saturated carbocycles. The van der Waals surface area contributed by atoms with Crippen LogP contribution in [0.15, 0.2) is 36.7 Å². The molecule has 3 saturated heterocycles. The maximum Gasteiger partial charge on any atom is 0.260 e. The van der Waals surface area contributed by atoms with Crippen LogP contribution >= 0.6 is 17.3 Å². The molecule has 6 rings (SSSR count). The molecule has 0 radical (unpaired) electrons. The van der Waals surface area contributed by atoms with Crippen molar-refractivity contribution in [3.8, 4) is 11.9 Å². The Morgan fingerprint density at radius 3 is 2.95 bits per heavy atom. The zero-order valence-electron chi connectivity index (χ0n) is 23.3. The second kappa shape index (κ2) is 12.4. The van der Waals surface area contributed by atoms with Crippen molar-refractivity contribution < 1.29 is 28.4 Å². The molecule has 1 aromatic carbocycles. The number of aliphatic hydroxyl groups is 1. The highest BCUT2D eigenvalue weighted by atomic mass is 31.2. The van der Waals surface area contributed by atoms with E-state index in [2.05, 4.69) is 43.8 Å². The number of nitrogens with zero attached hydrogens (tertiary/aromatic N) is 6. The number of fused-ring (bicyclic) bond motifs is 2. The monoisotopic (exact) mass is 613 g/mol. The molecule has 2 N–H and O–H groups in total. The first kappa shape index (κ1) is 29.3. The molecule has 3 aromatic rings. The Balaban J connectivity index is 1.24. The van der Waals surface area contributed by atoms with E-state index < -0.39 is 32.6 Å². The van der Waals surface area contributed by atoms with E-state index in [-0.39, 0.29) is 51.8 Å². The first-order valence-corrected chi connectivity index (χ1v) is 16.1. The summed E-state index contributed by atoms with van der Waals surface area (Å²) in [4.78, 5) is 25.0. The summed E-state index contributed by atoms with van der Waals surface area (Å²) in [5, 5.41) is 22.1. The molecule has 1 unspecified atom stereocenters. The van der Waals surface area contributed by atoms with Gasteiger partial charge in [-0.3, -0.25) is 9.36 Å². The number of aromatic nitrogens is 4. The third-order valence-electron chi connectivity index (χ3n) is 7.77. The van der Waals surface area contributed by atoms with E-state index in [1.165, 1.54) is 6.92 Å². The molecule has 0 amide bonds. The normalized spacial score (nSPS) is 29.3. The van der Waals surface area contributed by atoms with Crippen LogP contribution in [-0.2, 0) is 24.2 Å². The minimum Gasteiger partial charge on any atom is -0.475 e. The van der Waals surface area contributed by atoms with Crippen LogP contribution in [0.3, 0.4) is 0 Å². The highest BCUT2D eigenvalue weighted by molar-refractivity contribution is 7.59. The van der Waals surface area contributed by atoms with Crippen LogP contribution < -0.4 is 9.82 Å². The Labute approximate surface area is 246 Å². The second-order valence-electron chi connectivity index (χ2n) is 10.6. The Morgan fingerprint density at radius 2 is 2.19 bits per heavy atom. The molecule has 7 atom stereocenters. The van der Waals surface area contributed by atoms with E-state index in [9.17, 15) is 9.90 Å². The van der Waals surface area contributed by atoms with Gasteiger partial charge in [-0.1, -0.05) is 30.3 Å². The highest BCUT2D eigenvalue weighted by Gasteiger charge is 2.56. The SMILES string of the molecule is CC(=O)PNc1nc(OCCC#N)c2ncn([C@H]3C[C@@H](O[P@@]4O[C@](C)(c5ccccc5)[C@@H]5CCCN54)[C@@H](CO)O3)c2n1. The largest absolute Gasteiger partial charge is 0.475 e.